The maximum absolute atomic E-state index is 13.1. The number of carbonyl (C=O) groups is 2. The van der Waals surface area contributed by atoms with E-state index < -0.39 is 17.7 Å². The highest BCUT2D eigenvalue weighted by Gasteiger charge is 2.47. The third-order valence-corrected chi connectivity index (χ3v) is 6.54. The van der Waals surface area contributed by atoms with Crippen molar-refractivity contribution in [1.82, 2.24) is 0 Å². The zero-order valence-corrected chi connectivity index (χ0v) is 19.7. The van der Waals surface area contributed by atoms with Crippen LogP contribution in [0.25, 0.3) is 5.76 Å². The number of Topliss-reactive ketones (excluding diaryl/α,β-unsaturated/α-hetero) is 1. The highest BCUT2D eigenvalue weighted by molar-refractivity contribution is 9.10. The summed E-state index contributed by atoms with van der Waals surface area (Å²) in [5, 5.41) is 21.5. The largest absolute Gasteiger partial charge is 0.508 e. The first-order valence-electron chi connectivity index (χ1n) is 9.50. The molecule has 0 aromatic heterocycles. The number of anilines is 1. The second-order valence-corrected chi connectivity index (χ2v) is 9.08. The van der Waals surface area contributed by atoms with Crippen LogP contribution in [0.3, 0.4) is 0 Å². The number of rotatable bonds is 3. The predicted octanol–water partition coefficient (Wildman–Crippen LogP) is 6.40. The van der Waals surface area contributed by atoms with Gasteiger partial charge < -0.3 is 10.2 Å². The topological polar surface area (TPSA) is 77.8 Å². The van der Waals surface area contributed by atoms with E-state index in [-0.39, 0.29) is 17.1 Å². The summed E-state index contributed by atoms with van der Waals surface area (Å²) in [6.07, 6.45) is 0. The lowest BCUT2D eigenvalue weighted by molar-refractivity contribution is -0.132. The summed E-state index contributed by atoms with van der Waals surface area (Å²) >= 11 is 15.7. The number of phenols is 1. The molecule has 8 heteroatoms. The van der Waals surface area contributed by atoms with E-state index in [1.807, 2.05) is 6.92 Å². The average Bonchev–Trinajstić information content (AvgIpc) is 3.00. The average molecular weight is 533 g/mol. The number of halogens is 3. The Labute approximate surface area is 202 Å². The molecule has 0 bridgehead atoms. The van der Waals surface area contributed by atoms with Crippen molar-refractivity contribution in [2.24, 2.45) is 0 Å². The van der Waals surface area contributed by atoms with Crippen molar-refractivity contribution in [3.8, 4) is 5.75 Å². The quantitative estimate of drug-likeness (QED) is 0.232. The number of hydrogen-bond donors (Lipinski definition) is 2. The fourth-order valence-electron chi connectivity index (χ4n) is 3.70. The molecular weight excluding hydrogens is 517 g/mol. The maximum atomic E-state index is 13.1. The first-order chi connectivity index (χ1) is 15.2. The normalized spacial score (nSPS) is 17.8. The van der Waals surface area contributed by atoms with Crippen LogP contribution in [0.1, 0.15) is 22.7 Å². The van der Waals surface area contributed by atoms with E-state index in [1.54, 1.807) is 30.3 Å². The molecule has 1 heterocycles. The van der Waals surface area contributed by atoms with Crippen LogP contribution in [0.2, 0.25) is 10.0 Å². The van der Waals surface area contributed by atoms with Crippen molar-refractivity contribution in [2.75, 3.05) is 4.90 Å². The molecule has 1 aliphatic rings. The van der Waals surface area contributed by atoms with Crippen LogP contribution in [-0.4, -0.2) is 21.9 Å². The van der Waals surface area contributed by atoms with Gasteiger partial charge in [-0.25, -0.2) is 0 Å². The number of aromatic hydroxyl groups is 1. The van der Waals surface area contributed by atoms with Gasteiger partial charge >= 0.3 is 0 Å². The molecule has 1 unspecified atom stereocenters. The summed E-state index contributed by atoms with van der Waals surface area (Å²) in [7, 11) is 0. The number of hydrogen-bond acceptors (Lipinski definition) is 4. The van der Waals surface area contributed by atoms with Crippen LogP contribution in [0.5, 0.6) is 5.75 Å². The number of carbonyl (C=O) groups excluding carboxylic acids is 2. The Morgan fingerprint density at radius 2 is 1.59 bits per heavy atom. The van der Waals surface area contributed by atoms with Crippen molar-refractivity contribution in [3.05, 3.63) is 97.4 Å². The van der Waals surface area contributed by atoms with Gasteiger partial charge in [-0.3, -0.25) is 14.5 Å². The van der Waals surface area contributed by atoms with Crippen molar-refractivity contribution in [2.45, 2.75) is 13.0 Å². The van der Waals surface area contributed by atoms with E-state index in [1.165, 1.54) is 35.2 Å². The molecule has 0 spiro atoms. The lowest BCUT2D eigenvalue weighted by Crippen LogP contribution is -2.29. The number of benzene rings is 3. The Morgan fingerprint density at radius 3 is 2.19 bits per heavy atom. The third-order valence-electron chi connectivity index (χ3n) is 5.21. The Bertz CT molecular complexity index is 1270. The second kappa shape index (κ2) is 8.62. The standard InChI is InChI=1S/C24H16BrCl2NO4/c1-12-8-14(4-7-19(12)25)22(30)20-21(13-2-5-18(29)6-3-13)28(24(32)23(20)31)17-10-15(26)9-16(27)11-17/h2-11,21,29-30H,1H3/b22-20+. The highest BCUT2D eigenvalue weighted by Crippen LogP contribution is 2.43. The summed E-state index contributed by atoms with van der Waals surface area (Å²) in [4.78, 5) is 27.5. The number of nitrogens with zero attached hydrogens (tertiary/aromatic N) is 1. The molecule has 162 valence electrons. The highest BCUT2D eigenvalue weighted by atomic mass is 79.9. The third kappa shape index (κ3) is 4.01. The van der Waals surface area contributed by atoms with Crippen molar-refractivity contribution in [1.29, 1.82) is 0 Å². The molecule has 1 fully saturated rings. The molecule has 1 atom stereocenters. The van der Waals surface area contributed by atoms with E-state index in [0.29, 0.717) is 26.9 Å². The Kier molecular flexibility index (Phi) is 6.03. The summed E-state index contributed by atoms with van der Waals surface area (Å²) in [6.45, 7) is 1.85. The molecule has 3 aromatic rings. The minimum atomic E-state index is -0.950. The summed E-state index contributed by atoms with van der Waals surface area (Å²) in [5.41, 5.74) is 2.02. The first-order valence-corrected chi connectivity index (χ1v) is 11.0. The van der Waals surface area contributed by atoms with E-state index in [0.717, 1.165) is 10.0 Å². The molecule has 1 saturated heterocycles. The van der Waals surface area contributed by atoms with Crippen molar-refractivity contribution in [3.63, 3.8) is 0 Å². The molecule has 2 N–H and O–H groups in total. The number of phenolic OH excluding ortho intramolecular Hbond substituents is 1. The first kappa shape index (κ1) is 22.4. The van der Waals surface area contributed by atoms with Crippen molar-refractivity contribution >= 4 is 62.3 Å². The van der Waals surface area contributed by atoms with Crippen LogP contribution >= 0.6 is 39.1 Å². The van der Waals surface area contributed by atoms with Gasteiger partial charge in [0.1, 0.15) is 11.5 Å². The molecule has 32 heavy (non-hydrogen) atoms. The molecule has 0 radical (unpaired) electrons. The zero-order valence-electron chi connectivity index (χ0n) is 16.6. The van der Waals surface area contributed by atoms with Crippen LogP contribution < -0.4 is 4.90 Å². The van der Waals surface area contributed by atoms with Gasteiger partial charge in [-0.1, -0.05) is 57.3 Å². The molecule has 3 aromatic carbocycles. The lowest BCUT2D eigenvalue weighted by atomic mass is 9.94. The van der Waals surface area contributed by atoms with Crippen LogP contribution in [0.15, 0.2) is 70.7 Å². The Morgan fingerprint density at radius 1 is 0.969 bits per heavy atom. The van der Waals surface area contributed by atoms with Crippen molar-refractivity contribution < 1.29 is 19.8 Å². The van der Waals surface area contributed by atoms with E-state index >= 15 is 0 Å². The van der Waals surface area contributed by atoms with Gasteiger partial charge in [-0.15, -0.1) is 0 Å². The Hall–Kier alpha value is -2.80. The number of ketones is 1. The van der Waals surface area contributed by atoms with Crippen LogP contribution in [0, 0.1) is 6.92 Å². The fourth-order valence-corrected chi connectivity index (χ4v) is 4.46. The van der Waals surface area contributed by atoms with Gasteiger partial charge in [-0.05, 0) is 60.5 Å². The molecular formula is C24H16BrCl2NO4. The molecule has 5 nitrogen and oxygen atoms in total. The minimum absolute atomic E-state index is 0.0278. The number of aryl methyl sites for hydroxylation is 1. The second-order valence-electron chi connectivity index (χ2n) is 7.35. The fraction of sp³-hybridized carbons (Fsp3) is 0.0833. The molecule has 1 amide bonds. The number of amides is 1. The van der Waals surface area contributed by atoms with E-state index in [9.17, 15) is 19.8 Å². The van der Waals surface area contributed by atoms with E-state index in [4.69, 9.17) is 23.2 Å². The maximum Gasteiger partial charge on any atom is 0.300 e. The molecule has 1 aliphatic heterocycles. The zero-order chi connectivity index (χ0) is 23.2. The molecule has 4 rings (SSSR count). The van der Waals surface area contributed by atoms with Gasteiger partial charge in [0.15, 0.2) is 0 Å². The number of aliphatic hydroxyl groups is 1. The van der Waals surface area contributed by atoms with Gasteiger partial charge in [0, 0.05) is 25.8 Å². The van der Waals surface area contributed by atoms with E-state index in [2.05, 4.69) is 15.9 Å². The SMILES string of the molecule is Cc1cc(/C(O)=C2\C(=O)C(=O)N(c3cc(Cl)cc(Cl)c3)C2c2ccc(O)cc2)ccc1Br. The van der Waals surface area contributed by atoms with Gasteiger partial charge in [0.25, 0.3) is 11.7 Å². The predicted molar refractivity (Wildman–Crippen MR) is 128 cm³/mol. The summed E-state index contributed by atoms with van der Waals surface area (Å²) in [6, 6.07) is 14.8. The smallest absolute Gasteiger partial charge is 0.300 e. The monoisotopic (exact) mass is 531 g/mol. The van der Waals surface area contributed by atoms with Gasteiger partial charge in [0.05, 0.1) is 11.6 Å². The van der Waals surface area contributed by atoms with Gasteiger partial charge in [-0.2, -0.15) is 0 Å². The molecule has 0 saturated carbocycles. The Balaban J connectivity index is 1.97. The molecule has 0 aliphatic carbocycles. The minimum Gasteiger partial charge on any atom is -0.508 e. The van der Waals surface area contributed by atoms with Crippen LogP contribution in [0.4, 0.5) is 5.69 Å². The van der Waals surface area contributed by atoms with Crippen LogP contribution in [-0.2, 0) is 9.59 Å². The summed E-state index contributed by atoms with van der Waals surface area (Å²) < 4.78 is 0.846. The number of aliphatic hydroxyl groups excluding tert-OH is 1. The lowest BCUT2D eigenvalue weighted by Gasteiger charge is -2.26. The van der Waals surface area contributed by atoms with Gasteiger partial charge in [0.2, 0.25) is 0 Å². The summed E-state index contributed by atoms with van der Waals surface area (Å²) in [5.74, 6) is -1.93.